The van der Waals surface area contributed by atoms with Crippen molar-refractivity contribution in [3.8, 4) is 11.4 Å². The molecule has 1 saturated carbocycles. The van der Waals surface area contributed by atoms with E-state index in [1.807, 2.05) is 13.0 Å². The zero-order valence-corrected chi connectivity index (χ0v) is 21.3. The Morgan fingerprint density at radius 1 is 1.19 bits per heavy atom. The molecule has 1 unspecified atom stereocenters. The van der Waals surface area contributed by atoms with Crippen molar-refractivity contribution in [2.24, 2.45) is 4.99 Å². The molecule has 1 fully saturated rings. The van der Waals surface area contributed by atoms with E-state index in [9.17, 15) is 9.90 Å². The average Bonchev–Trinajstić information content (AvgIpc) is 3.52. The Bertz CT molecular complexity index is 1560. The number of pyridine rings is 1. The third kappa shape index (κ3) is 4.63. The molecule has 0 saturated heterocycles. The van der Waals surface area contributed by atoms with Crippen molar-refractivity contribution >= 4 is 34.2 Å². The maximum Gasteiger partial charge on any atom is 0.261 e. The standard InChI is InChI=1S/C28H29ClN6O2/c1-15-11-17(26-32-19-7-2-3-8-20(19)33-26)13-22-25(15)35-27(34-22)24-21(9-10-30-28(24)37)31-14-23(36)16-5-4-6-18(29)12-16/h4-6,9-13,19-20,23,36H,2-3,7-8,14H2,1H3,(H,32,33)(H,34,35)(H2,30,31,37)/t19-,20-,23?/m0/s1. The molecule has 37 heavy (non-hydrogen) atoms. The number of hydrogen-bond acceptors (Lipinski definition) is 6. The highest BCUT2D eigenvalue weighted by Gasteiger charge is 2.31. The second-order valence-corrected chi connectivity index (χ2v) is 10.3. The van der Waals surface area contributed by atoms with Crippen molar-refractivity contribution in [2.75, 3.05) is 11.9 Å². The predicted molar refractivity (Wildman–Crippen MR) is 148 cm³/mol. The van der Waals surface area contributed by atoms with Gasteiger partial charge in [-0.15, -0.1) is 0 Å². The summed E-state index contributed by atoms with van der Waals surface area (Å²) in [5, 5.41) is 18.0. The van der Waals surface area contributed by atoms with Crippen molar-refractivity contribution in [3.05, 3.63) is 80.7 Å². The number of rotatable bonds is 6. The summed E-state index contributed by atoms with van der Waals surface area (Å²) in [6.07, 6.45) is 5.56. The first kappa shape index (κ1) is 23.8. The lowest BCUT2D eigenvalue weighted by Crippen LogP contribution is -2.37. The minimum absolute atomic E-state index is 0.202. The first-order chi connectivity index (χ1) is 18.0. The van der Waals surface area contributed by atoms with E-state index in [0.717, 1.165) is 40.8 Å². The van der Waals surface area contributed by atoms with Crippen molar-refractivity contribution in [1.29, 1.82) is 0 Å². The normalized spacial score (nSPS) is 19.8. The highest BCUT2D eigenvalue weighted by atomic mass is 35.5. The fourth-order valence-corrected chi connectivity index (χ4v) is 5.61. The SMILES string of the molecule is Cc1cc(C2=N[C@H]3CCCC[C@@H]3N2)cc2[nH]c(-c3c(NCC(O)c4cccc(Cl)c4)cc[nH]c3=O)nc12. The number of aryl methyl sites for hydroxylation is 1. The highest BCUT2D eigenvalue weighted by Crippen LogP contribution is 2.30. The third-order valence-corrected chi connectivity index (χ3v) is 7.55. The summed E-state index contributed by atoms with van der Waals surface area (Å²) in [6.45, 7) is 2.22. The number of aromatic nitrogens is 3. The van der Waals surface area contributed by atoms with E-state index in [1.165, 1.54) is 12.8 Å². The Morgan fingerprint density at radius 2 is 2.05 bits per heavy atom. The highest BCUT2D eigenvalue weighted by molar-refractivity contribution is 6.30. The van der Waals surface area contributed by atoms with Gasteiger partial charge in [-0.05, 0) is 61.2 Å². The van der Waals surface area contributed by atoms with Crippen LogP contribution in [-0.2, 0) is 0 Å². The number of aliphatic hydroxyl groups is 1. The number of halogens is 1. The number of hydrogen-bond donors (Lipinski definition) is 5. The number of aliphatic hydroxyl groups excluding tert-OH is 1. The fraction of sp³-hybridized carbons (Fsp3) is 0.321. The van der Waals surface area contributed by atoms with Crippen molar-refractivity contribution in [1.82, 2.24) is 20.3 Å². The van der Waals surface area contributed by atoms with E-state index < -0.39 is 6.10 Å². The van der Waals surface area contributed by atoms with Crippen molar-refractivity contribution < 1.29 is 5.11 Å². The van der Waals surface area contributed by atoms with Gasteiger partial charge in [0, 0.05) is 29.4 Å². The molecule has 2 aromatic carbocycles. The molecule has 2 aliphatic rings. The van der Waals surface area contributed by atoms with E-state index in [2.05, 4.69) is 32.7 Å². The maximum atomic E-state index is 12.9. The first-order valence-electron chi connectivity index (χ1n) is 12.7. The number of aliphatic imine (C=N–C) groups is 1. The number of amidine groups is 1. The molecule has 1 aliphatic carbocycles. The number of aromatic amines is 2. The van der Waals surface area contributed by atoms with Crippen LogP contribution in [0.4, 0.5) is 5.69 Å². The monoisotopic (exact) mass is 516 g/mol. The zero-order valence-electron chi connectivity index (χ0n) is 20.5. The van der Waals surface area contributed by atoms with Crippen LogP contribution in [0.3, 0.4) is 0 Å². The lowest BCUT2D eigenvalue weighted by molar-refractivity contribution is 0.191. The number of anilines is 1. The lowest BCUT2D eigenvalue weighted by atomic mass is 9.92. The van der Waals surface area contributed by atoms with Gasteiger partial charge in [0.05, 0.1) is 28.9 Å². The molecule has 8 nitrogen and oxygen atoms in total. The van der Waals surface area contributed by atoms with Crippen LogP contribution < -0.4 is 16.2 Å². The summed E-state index contributed by atoms with van der Waals surface area (Å²) in [4.78, 5) is 28.8. The Hall–Kier alpha value is -3.62. The van der Waals surface area contributed by atoms with Crippen LogP contribution in [-0.4, -0.2) is 44.5 Å². The molecule has 0 amide bonds. The number of fused-ring (bicyclic) bond motifs is 2. The third-order valence-electron chi connectivity index (χ3n) is 7.31. The van der Waals surface area contributed by atoms with Crippen LogP contribution in [0.1, 0.15) is 48.5 Å². The van der Waals surface area contributed by atoms with E-state index >= 15 is 0 Å². The van der Waals surface area contributed by atoms with Gasteiger partial charge in [-0.2, -0.15) is 0 Å². The van der Waals surface area contributed by atoms with Crippen LogP contribution >= 0.6 is 11.6 Å². The number of H-pyrrole nitrogens is 2. The minimum Gasteiger partial charge on any atom is -0.387 e. The van der Waals surface area contributed by atoms with E-state index in [-0.39, 0.29) is 12.1 Å². The zero-order chi connectivity index (χ0) is 25.5. The summed E-state index contributed by atoms with van der Waals surface area (Å²) in [7, 11) is 0. The Kier molecular flexibility index (Phi) is 6.22. The van der Waals surface area contributed by atoms with Crippen LogP contribution in [0.25, 0.3) is 22.4 Å². The second kappa shape index (κ2) is 9.68. The van der Waals surface area contributed by atoms with Crippen LogP contribution in [0.2, 0.25) is 5.02 Å². The van der Waals surface area contributed by atoms with Crippen LogP contribution in [0, 0.1) is 6.92 Å². The molecule has 3 heterocycles. The molecule has 5 N–H and O–H groups in total. The number of nitrogens with zero attached hydrogens (tertiary/aromatic N) is 2. The van der Waals surface area contributed by atoms with Gasteiger partial charge in [0.15, 0.2) is 0 Å². The van der Waals surface area contributed by atoms with Gasteiger partial charge in [-0.25, -0.2) is 4.98 Å². The fourth-order valence-electron chi connectivity index (χ4n) is 5.42. The van der Waals surface area contributed by atoms with Crippen molar-refractivity contribution in [2.45, 2.75) is 50.8 Å². The van der Waals surface area contributed by atoms with Crippen LogP contribution in [0.15, 0.2) is 58.4 Å². The molecule has 190 valence electrons. The van der Waals surface area contributed by atoms with E-state index in [0.29, 0.717) is 39.7 Å². The Balaban J connectivity index is 1.30. The second-order valence-electron chi connectivity index (χ2n) is 9.90. The van der Waals surface area contributed by atoms with Gasteiger partial charge in [0.25, 0.3) is 5.56 Å². The van der Waals surface area contributed by atoms with Gasteiger partial charge < -0.3 is 25.7 Å². The van der Waals surface area contributed by atoms with Crippen LogP contribution in [0.5, 0.6) is 0 Å². The number of nitrogens with one attached hydrogen (secondary N) is 4. The Morgan fingerprint density at radius 3 is 2.89 bits per heavy atom. The minimum atomic E-state index is -0.797. The summed E-state index contributed by atoms with van der Waals surface area (Å²) in [5.41, 5.74) is 5.08. The molecule has 9 heteroatoms. The molecule has 0 spiro atoms. The molecule has 0 bridgehead atoms. The van der Waals surface area contributed by atoms with Gasteiger partial charge in [-0.3, -0.25) is 9.79 Å². The van der Waals surface area contributed by atoms with E-state index in [1.54, 1.807) is 30.5 Å². The largest absolute Gasteiger partial charge is 0.387 e. The molecular weight excluding hydrogens is 488 g/mol. The quantitative estimate of drug-likeness (QED) is 0.255. The summed E-state index contributed by atoms with van der Waals surface area (Å²) in [6, 6.07) is 13.8. The van der Waals surface area contributed by atoms with Crippen molar-refractivity contribution in [3.63, 3.8) is 0 Å². The summed E-state index contributed by atoms with van der Waals surface area (Å²) >= 11 is 6.07. The van der Waals surface area contributed by atoms with Gasteiger partial charge in [-0.1, -0.05) is 36.6 Å². The number of benzene rings is 2. The van der Waals surface area contributed by atoms with E-state index in [4.69, 9.17) is 21.6 Å². The molecular formula is C28H29ClN6O2. The lowest BCUT2D eigenvalue weighted by Gasteiger charge is -2.23. The maximum absolute atomic E-state index is 12.9. The van der Waals surface area contributed by atoms with Gasteiger partial charge >= 0.3 is 0 Å². The molecule has 4 aromatic rings. The topological polar surface area (TPSA) is 118 Å². The Labute approximate surface area is 219 Å². The first-order valence-corrected chi connectivity index (χ1v) is 13.1. The number of imidazole rings is 1. The van der Waals surface area contributed by atoms with Gasteiger partial charge in [0.1, 0.15) is 17.2 Å². The van der Waals surface area contributed by atoms with Gasteiger partial charge in [0.2, 0.25) is 0 Å². The molecule has 3 atom stereocenters. The molecule has 0 radical (unpaired) electrons. The molecule has 1 aliphatic heterocycles. The molecule has 6 rings (SSSR count). The molecule has 2 aromatic heterocycles. The predicted octanol–water partition coefficient (Wildman–Crippen LogP) is 4.69. The average molecular weight is 517 g/mol. The summed E-state index contributed by atoms with van der Waals surface area (Å²) < 4.78 is 0. The summed E-state index contributed by atoms with van der Waals surface area (Å²) in [5.74, 6) is 1.40. The smallest absolute Gasteiger partial charge is 0.261 e.